The maximum atomic E-state index is 12.4. The van der Waals surface area contributed by atoms with Gasteiger partial charge in [0.2, 0.25) is 12.7 Å². The van der Waals surface area contributed by atoms with Crippen molar-refractivity contribution < 1.29 is 19.4 Å². The maximum absolute atomic E-state index is 12.4. The third-order valence-corrected chi connectivity index (χ3v) is 5.11. The monoisotopic (exact) mass is 380 g/mol. The zero-order chi connectivity index (χ0) is 17.2. The molecule has 1 aromatic rings. The van der Waals surface area contributed by atoms with Gasteiger partial charge in [0.05, 0.1) is 6.10 Å². The van der Waals surface area contributed by atoms with Crippen LogP contribution in [0, 0.1) is 5.92 Å². The molecule has 1 atom stereocenters. The summed E-state index contributed by atoms with van der Waals surface area (Å²) in [6, 6.07) is 5.65. The van der Waals surface area contributed by atoms with Crippen molar-refractivity contribution >= 4 is 24.4 Å². The van der Waals surface area contributed by atoms with Gasteiger partial charge in [-0.05, 0) is 42.5 Å². The van der Waals surface area contributed by atoms with E-state index in [4.69, 9.17) is 9.47 Å². The number of hydrogen-bond acceptors (Lipinski definition) is 5. The van der Waals surface area contributed by atoms with Crippen LogP contribution in [0.1, 0.15) is 18.4 Å². The first-order valence-corrected chi connectivity index (χ1v) is 8.96. The lowest BCUT2D eigenvalue weighted by Gasteiger charge is -2.35. The van der Waals surface area contributed by atoms with Crippen molar-refractivity contribution in [1.29, 1.82) is 0 Å². The molecule has 4 rings (SSSR count). The molecule has 1 saturated carbocycles. The second-order valence-corrected chi connectivity index (χ2v) is 6.98. The van der Waals surface area contributed by atoms with Gasteiger partial charge in [-0.15, -0.1) is 12.4 Å². The summed E-state index contributed by atoms with van der Waals surface area (Å²) >= 11 is 0. The molecule has 1 amide bonds. The largest absolute Gasteiger partial charge is 0.454 e. The van der Waals surface area contributed by atoms with Crippen LogP contribution < -0.4 is 9.47 Å². The Morgan fingerprint density at radius 1 is 1.19 bits per heavy atom. The number of amides is 1. The highest BCUT2D eigenvalue weighted by Gasteiger charge is 2.31. The molecule has 6 nitrogen and oxygen atoms in total. The number of piperazine rings is 1. The first-order chi connectivity index (χ1) is 12.2. The van der Waals surface area contributed by atoms with Crippen molar-refractivity contribution in [3.05, 3.63) is 29.8 Å². The molecule has 1 aliphatic carbocycles. The predicted octanol–water partition coefficient (Wildman–Crippen LogP) is 1.77. The summed E-state index contributed by atoms with van der Waals surface area (Å²) in [5, 5.41) is 10.0. The van der Waals surface area contributed by atoms with E-state index in [9.17, 15) is 9.90 Å². The lowest BCUT2D eigenvalue weighted by Crippen LogP contribution is -2.50. The number of carbonyl (C=O) groups is 1. The van der Waals surface area contributed by atoms with Crippen LogP contribution in [-0.4, -0.2) is 66.4 Å². The summed E-state index contributed by atoms with van der Waals surface area (Å²) < 4.78 is 10.6. The molecule has 26 heavy (non-hydrogen) atoms. The topological polar surface area (TPSA) is 62.2 Å². The molecular formula is C19H25ClN2O4. The highest BCUT2D eigenvalue weighted by molar-refractivity contribution is 5.92. The molecule has 0 bridgehead atoms. The van der Waals surface area contributed by atoms with E-state index in [0.717, 1.165) is 49.5 Å². The number of carbonyl (C=O) groups excluding carboxylic acids is 1. The first-order valence-electron chi connectivity index (χ1n) is 8.96. The molecule has 1 aromatic carbocycles. The molecule has 7 heteroatoms. The highest BCUT2D eigenvalue weighted by atomic mass is 35.5. The molecule has 1 N–H and O–H groups in total. The fourth-order valence-electron chi connectivity index (χ4n) is 3.34. The Morgan fingerprint density at radius 3 is 2.65 bits per heavy atom. The molecule has 2 heterocycles. The fourth-order valence-corrected chi connectivity index (χ4v) is 3.34. The fraction of sp³-hybridized carbons (Fsp3) is 0.526. The van der Waals surface area contributed by atoms with Crippen molar-refractivity contribution in [2.45, 2.75) is 18.9 Å². The highest BCUT2D eigenvalue weighted by Crippen LogP contribution is 2.33. The minimum absolute atomic E-state index is 0. The predicted molar refractivity (Wildman–Crippen MR) is 101 cm³/mol. The molecule has 1 unspecified atom stereocenters. The van der Waals surface area contributed by atoms with E-state index in [1.54, 1.807) is 6.08 Å². The Balaban J connectivity index is 0.00000196. The number of aliphatic hydroxyl groups excluding tert-OH is 1. The van der Waals surface area contributed by atoms with Gasteiger partial charge in [-0.2, -0.15) is 0 Å². The molecular weight excluding hydrogens is 356 g/mol. The average molecular weight is 381 g/mol. The van der Waals surface area contributed by atoms with E-state index >= 15 is 0 Å². The van der Waals surface area contributed by atoms with Crippen molar-refractivity contribution in [1.82, 2.24) is 9.80 Å². The number of ether oxygens (including phenoxy) is 2. The molecule has 2 fully saturated rings. The van der Waals surface area contributed by atoms with Crippen LogP contribution in [0.3, 0.4) is 0 Å². The van der Waals surface area contributed by atoms with E-state index in [1.165, 1.54) is 0 Å². The second kappa shape index (κ2) is 8.29. The minimum Gasteiger partial charge on any atom is -0.454 e. The zero-order valence-electron chi connectivity index (χ0n) is 14.7. The van der Waals surface area contributed by atoms with Crippen molar-refractivity contribution in [2.75, 3.05) is 39.5 Å². The molecule has 0 aromatic heterocycles. The van der Waals surface area contributed by atoms with Crippen LogP contribution in [0.25, 0.3) is 6.08 Å². The second-order valence-electron chi connectivity index (χ2n) is 6.98. The third kappa shape index (κ3) is 4.50. The van der Waals surface area contributed by atoms with Crippen LogP contribution in [-0.2, 0) is 4.79 Å². The van der Waals surface area contributed by atoms with Gasteiger partial charge < -0.3 is 19.5 Å². The number of benzene rings is 1. The summed E-state index contributed by atoms with van der Waals surface area (Å²) in [4.78, 5) is 16.5. The van der Waals surface area contributed by atoms with Gasteiger partial charge >= 0.3 is 0 Å². The number of halogens is 1. The molecule has 1 saturated heterocycles. The number of hydrogen-bond donors (Lipinski definition) is 1. The zero-order valence-corrected chi connectivity index (χ0v) is 15.5. The first kappa shape index (κ1) is 19.0. The van der Waals surface area contributed by atoms with Crippen molar-refractivity contribution in [2.24, 2.45) is 5.92 Å². The molecule has 142 valence electrons. The SMILES string of the molecule is Cl.O=C(/C=C/c1ccc2c(c1)OCO2)N1CCN(CC(O)C2CC2)CC1. The van der Waals surface area contributed by atoms with Gasteiger partial charge in [0, 0.05) is 38.8 Å². The number of fused-ring (bicyclic) bond motifs is 1. The molecule has 0 radical (unpaired) electrons. The Hall–Kier alpha value is -1.76. The smallest absolute Gasteiger partial charge is 0.246 e. The number of nitrogens with zero attached hydrogens (tertiary/aromatic N) is 2. The van der Waals surface area contributed by atoms with Crippen LogP contribution in [0.4, 0.5) is 0 Å². The van der Waals surface area contributed by atoms with E-state index in [-0.39, 0.29) is 31.2 Å². The van der Waals surface area contributed by atoms with Crippen LogP contribution in [0.2, 0.25) is 0 Å². The van der Waals surface area contributed by atoms with Crippen LogP contribution in [0.5, 0.6) is 11.5 Å². The summed E-state index contributed by atoms with van der Waals surface area (Å²) in [7, 11) is 0. The Morgan fingerprint density at radius 2 is 1.92 bits per heavy atom. The molecule has 0 spiro atoms. The van der Waals surface area contributed by atoms with Crippen LogP contribution in [0.15, 0.2) is 24.3 Å². The molecule has 2 aliphatic heterocycles. The summed E-state index contributed by atoms with van der Waals surface area (Å²) in [6.45, 7) is 4.06. The summed E-state index contributed by atoms with van der Waals surface area (Å²) in [5.41, 5.74) is 0.920. The van der Waals surface area contributed by atoms with E-state index in [1.807, 2.05) is 29.2 Å². The summed E-state index contributed by atoms with van der Waals surface area (Å²) in [5.74, 6) is 2.00. The third-order valence-electron chi connectivity index (χ3n) is 5.11. The Labute approximate surface area is 159 Å². The van der Waals surface area contributed by atoms with Gasteiger partial charge in [-0.3, -0.25) is 9.69 Å². The maximum Gasteiger partial charge on any atom is 0.246 e. The number of β-amino-alcohol motifs (C(OH)–C–C–N with tert-alkyl or cyclic N) is 1. The number of rotatable bonds is 5. The van der Waals surface area contributed by atoms with Gasteiger partial charge in [0.15, 0.2) is 11.5 Å². The van der Waals surface area contributed by atoms with E-state index < -0.39 is 0 Å². The van der Waals surface area contributed by atoms with Gasteiger partial charge in [-0.1, -0.05) is 6.07 Å². The average Bonchev–Trinajstić information content (AvgIpc) is 3.38. The van der Waals surface area contributed by atoms with Crippen LogP contribution >= 0.6 is 12.4 Å². The number of aliphatic hydroxyl groups is 1. The minimum atomic E-state index is -0.201. The van der Waals surface area contributed by atoms with Crippen molar-refractivity contribution in [3.8, 4) is 11.5 Å². The lowest BCUT2D eigenvalue weighted by molar-refractivity contribution is -0.127. The van der Waals surface area contributed by atoms with Gasteiger partial charge in [0.1, 0.15) is 0 Å². The normalized spacial score (nSPS) is 20.9. The lowest BCUT2D eigenvalue weighted by atomic mass is 10.1. The Kier molecular flexibility index (Phi) is 6.06. The van der Waals surface area contributed by atoms with E-state index in [2.05, 4.69) is 4.90 Å². The summed E-state index contributed by atoms with van der Waals surface area (Å²) in [6.07, 6.45) is 5.54. The van der Waals surface area contributed by atoms with Crippen molar-refractivity contribution in [3.63, 3.8) is 0 Å². The standard InChI is InChI=1S/C19H24N2O4.ClH/c22-16(15-3-4-15)12-20-7-9-21(10-8-20)19(23)6-2-14-1-5-17-18(11-14)25-13-24-17;/h1-2,5-6,11,15-16,22H,3-4,7-10,12-13H2;1H/b6-2+;. The van der Waals surface area contributed by atoms with Gasteiger partial charge in [-0.25, -0.2) is 0 Å². The quantitative estimate of drug-likeness (QED) is 0.789. The van der Waals surface area contributed by atoms with Gasteiger partial charge in [0.25, 0.3) is 0 Å². The molecule has 3 aliphatic rings. The Bertz CT molecular complexity index is 670. The van der Waals surface area contributed by atoms with E-state index in [0.29, 0.717) is 19.0 Å².